The van der Waals surface area contributed by atoms with Crippen LogP contribution in [0.2, 0.25) is 0 Å². The van der Waals surface area contributed by atoms with Crippen molar-refractivity contribution in [3.8, 4) is 5.75 Å². The minimum atomic E-state index is -0.706. The number of ether oxygens (including phenoxy) is 1. The quantitative estimate of drug-likeness (QED) is 0.798. The van der Waals surface area contributed by atoms with Gasteiger partial charge in [0.2, 0.25) is 0 Å². The van der Waals surface area contributed by atoms with E-state index in [-0.39, 0.29) is 0 Å². The van der Waals surface area contributed by atoms with Crippen molar-refractivity contribution in [2.75, 3.05) is 6.61 Å². The molecule has 0 saturated carbocycles. The van der Waals surface area contributed by atoms with E-state index in [0.717, 1.165) is 30.6 Å². The third-order valence-corrected chi connectivity index (χ3v) is 2.93. The molecule has 1 aromatic rings. The van der Waals surface area contributed by atoms with E-state index in [1.165, 1.54) is 0 Å². The van der Waals surface area contributed by atoms with Gasteiger partial charge in [0.1, 0.15) is 5.75 Å². The van der Waals surface area contributed by atoms with Crippen LogP contribution < -0.4 is 4.74 Å². The van der Waals surface area contributed by atoms with E-state index in [1.807, 2.05) is 38.1 Å². The predicted molar refractivity (Wildman–Crippen MR) is 66.7 cm³/mol. The Labute approximate surface area is 98.3 Å². The molecule has 0 bridgehead atoms. The third-order valence-electron chi connectivity index (χ3n) is 2.93. The van der Waals surface area contributed by atoms with Crippen LogP contribution in [0.4, 0.5) is 0 Å². The molecule has 0 spiro atoms. The highest BCUT2D eigenvalue weighted by molar-refractivity contribution is 5.32. The molecule has 1 rings (SSSR count). The van der Waals surface area contributed by atoms with Crippen LogP contribution in [0, 0.1) is 0 Å². The molecule has 2 heteroatoms. The summed E-state index contributed by atoms with van der Waals surface area (Å²) < 4.78 is 5.45. The van der Waals surface area contributed by atoms with E-state index in [0.29, 0.717) is 6.61 Å². The molecule has 0 aliphatic rings. The Hall–Kier alpha value is -1.02. The van der Waals surface area contributed by atoms with Gasteiger partial charge >= 0.3 is 0 Å². The van der Waals surface area contributed by atoms with Gasteiger partial charge in [-0.15, -0.1) is 0 Å². The number of hydrogen-bond donors (Lipinski definition) is 1. The molecular formula is C14H22O2. The zero-order chi connectivity index (χ0) is 12.0. The Balaban J connectivity index is 2.96. The van der Waals surface area contributed by atoms with Gasteiger partial charge in [-0.3, -0.25) is 0 Å². The van der Waals surface area contributed by atoms with Crippen molar-refractivity contribution < 1.29 is 9.84 Å². The summed E-state index contributed by atoms with van der Waals surface area (Å²) in [6, 6.07) is 7.79. The van der Waals surface area contributed by atoms with Crippen molar-refractivity contribution in [3.05, 3.63) is 29.8 Å². The minimum absolute atomic E-state index is 0.655. The van der Waals surface area contributed by atoms with Gasteiger partial charge in [0.15, 0.2) is 0 Å². The van der Waals surface area contributed by atoms with E-state index in [4.69, 9.17) is 4.74 Å². The molecule has 0 amide bonds. The molecule has 0 heterocycles. The highest BCUT2D eigenvalue weighted by atomic mass is 16.5. The summed E-state index contributed by atoms with van der Waals surface area (Å²) in [5.74, 6) is 0.836. The Bertz CT molecular complexity index is 322. The Morgan fingerprint density at radius 1 is 1.25 bits per heavy atom. The molecule has 0 fully saturated rings. The normalized spacial score (nSPS) is 14.5. The molecule has 0 aliphatic carbocycles. The van der Waals surface area contributed by atoms with Crippen molar-refractivity contribution in [2.45, 2.75) is 45.6 Å². The molecule has 1 unspecified atom stereocenters. The van der Waals surface area contributed by atoms with Gasteiger partial charge in [-0.25, -0.2) is 0 Å². The Kier molecular flexibility index (Phi) is 4.81. The van der Waals surface area contributed by atoms with Gasteiger partial charge in [-0.2, -0.15) is 0 Å². The Morgan fingerprint density at radius 3 is 2.56 bits per heavy atom. The maximum atomic E-state index is 10.5. The van der Waals surface area contributed by atoms with Crippen LogP contribution in [-0.4, -0.2) is 11.7 Å². The van der Waals surface area contributed by atoms with Crippen LogP contribution in [0.15, 0.2) is 24.3 Å². The average molecular weight is 222 g/mol. The van der Waals surface area contributed by atoms with Crippen LogP contribution in [0.3, 0.4) is 0 Å². The molecule has 16 heavy (non-hydrogen) atoms. The monoisotopic (exact) mass is 222 g/mol. The van der Waals surface area contributed by atoms with Crippen LogP contribution in [0.25, 0.3) is 0 Å². The fourth-order valence-corrected chi connectivity index (χ4v) is 1.98. The van der Waals surface area contributed by atoms with E-state index in [2.05, 4.69) is 6.92 Å². The molecular weight excluding hydrogens is 200 g/mol. The Morgan fingerprint density at radius 2 is 2.00 bits per heavy atom. The summed E-state index contributed by atoms with van der Waals surface area (Å²) >= 11 is 0. The average Bonchev–Trinajstić information content (AvgIpc) is 2.30. The third kappa shape index (κ3) is 2.99. The van der Waals surface area contributed by atoms with Crippen molar-refractivity contribution in [1.82, 2.24) is 0 Å². The lowest BCUT2D eigenvalue weighted by Crippen LogP contribution is -2.24. The smallest absolute Gasteiger partial charge is 0.119 e. The summed E-state index contributed by atoms with van der Waals surface area (Å²) in [7, 11) is 0. The van der Waals surface area contributed by atoms with E-state index in [9.17, 15) is 5.11 Å². The van der Waals surface area contributed by atoms with Gasteiger partial charge in [-0.05, 0) is 37.5 Å². The standard InChI is InChI=1S/C14H22O2/c1-4-10-14(15,5-2)12-8-7-9-13(11-12)16-6-3/h7-9,11,15H,4-6,10H2,1-3H3. The van der Waals surface area contributed by atoms with Crippen LogP contribution >= 0.6 is 0 Å². The molecule has 1 aromatic carbocycles. The second-order valence-corrected chi connectivity index (χ2v) is 4.10. The lowest BCUT2D eigenvalue weighted by Gasteiger charge is -2.27. The van der Waals surface area contributed by atoms with Crippen LogP contribution in [0.1, 0.15) is 45.6 Å². The maximum absolute atomic E-state index is 10.5. The molecule has 90 valence electrons. The molecule has 0 aliphatic heterocycles. The molecule has 1 atom stereocenters. The highest BCUT2D eigenvalue weighted by Crippen LogP contribution is 2.31. The predicted octanol–water partition coefficient (Wildman–Crippen LogP) is 3.48. The minimum Gasteiger partial charge on any atom is -0.494 e. The van der Waals surface area contributed by atoms with Crippen molar-refractivity contribution in [1.29, 1.82) is 0 Å². The summed E-state index contributed by atoms with van der Waals surface area (Å²) in [6.45, 7) is 6.72. The first-order chi connectivity index (χ1) is 7.66. The van der Waals surface area contributed by atoms with Crippen molar-refractivity contribution in [2.24, 2.45) is 0 Å². The molecule has 0 saturated heterocycles. The summed E-state index contributed by atoms with van der Waals surface area (Å²) in [6.07, 6.45) is 2.50. The first kappa shape index (κ1) is 13.0. The topological polar surface area (TPSA) is 29.5 Å². The lowest BCUT2D eigenvalue weighted by molar-refractivity contribution is 0.0224. The molecule has 1 N–H and O–H groups in total. The fraction of sp³-hybridized carbons (Fsp3) is 0.571. The highest BCUT2D eigenvalue weighted by Gasteiger charge is 2.26. The number of rotatable bonds is 6. The first-order valence-corrected chi connectivity index (χ1v) is 6.12. The second kappa shape index (κ2) is 5.90. The molecule has 0 radical (unpaired) electrons. The fourth-order valence-electron chi connectivity index (χ4n) is 1.98. The van der Waals surface area contributed by atoms with E-state index >= 15 is 0 Å². The van der Waals surface area contributed by atoms with Gasteiger partial charge in [0, 0.05) is 0 Å². The number of benzene rings is 1. The summed E-state index contributed by atoms with van der Waals surface area (Å²) in [5, 5.41) is 10.5. The maximum Gasteiger partial charge on any atom is 0.119 e. The summed E-state index contributed by atoms with van der Waals surface area (Å²) in [4.78, 5) is 0. The second-order valence-electron chi connectivity index (χ2n) is 4.10. The van der Waals surface area contributed by atoms with E-state index in [1.54, 1.807) is 0 Å². The molecule has 2 nitrogen and oxygen atoms in total. The van der Waals surface area contributed by atoms with Crippen molar-refractivity contribution in [3.63, 3.8) is 0 Å². The van der Waals surface area contributed by atoms with Crippen LogP contribution in [0.5, 0.6) is 5.75 Å². The largest absolute Gasteiger partial charge is 0.494 e. The van der Waals surface area contributed by atoms with Gasteiger partial charge in [-0.1, -0.05) is 32.4 Å². The van der Waals surface area contributed by atoms with Gasteiger partial charge in [0.05, 0.1) is 12.2 Å². The number of aliphatic hydroxyl groups is 1. The lowest BCUT2D eigenvalue weighted by atomic mass is 9.87. The first-order valence-electron chi connectivity index (χ1n) is 6.12. The zero-order valence-electron chi connectivity index (χ0n) is 10.5. The number of hydrogen-bond acceptors (Lipinski definition) is 2. The summed E-state index contributed by atoms with van der Waals surface area (Å²) in [5.41, 5.74) is 0.254. The van der Waals surface area contributed by atoms with Gasteiger partial charge < -0.3 is 9.84 Å². The zero-order valence-corrected chi connectivity index (χ0v) is 10.5. The van der Waals surface area contributed by atoms with Crippen LogP contribution in [-0.2, 0) is 5.60 Å². The van der Waals surface area contributed by atoms with Crippen molar-refractivity contribution >= 4 is 0 Å². The van der Waals surface area contributed by atoms with Gasteiger partial charge in [0.25, 0.3) is 0 Å². The molecule has 0 aromatic heterocycles. The van der Waals surface area contributed by atoms with E-state index < -0.39 is 5.60 Å². The SMILES string of the molecule is CCCC(O)(CC)c1cccc(OCC)c1.